The van der Waals surface area contributed by atoms with Gasteiger partial charge in [0.1, 0.15) is 9.77 Å². The molecule has 0 saturated carbocycles. The number of benzene rings is 2. The summed E-state index contributed by atoms with van der Waals surface area (Å²) in [5.74, 6) is 0.530. The molecule has 34 heavy (non-hydrogen) atoms. The molecule has 0 aliphatic carbocycles. The third-order valence-electron chi connectivity index (χ3n) is 5.88. The molecule has 2 aromatic heterocycles. The third-order valence-corrected chi connectivity index (χ3v) is 8.33. The number of H-pyrrole nitrogens is 1. The first-order valence-corrected chi connectivity index (χ1v) is 13.4. The number of fused-ring (bicyclic) bond motifs is 1. The van der Waals surface area contributed by atoms with Crippen LogP contribution in [-0.4, -0.2) is 55.4 Å². The molecule has 1 saturated heterocycles. The van der Waals surface area contributed by atoms with Gasteiger partial charge in [-0.3, -0.25) is 9.52 Å². The number of sulfonamides is 1. The van der Waals surface area contributed by atoms with E-state index in [1.54, 1.807) is 22.4 Å². The van der Waals surface area contributed by atoms with Gasteiger partial charge in [-0.2, -0.15) is 0 Å². The van der Waals surface area contributed by atoms with Gasteiger partial charge in [-0.05, 0) is 49.1 Å². The molecule has 2 N–H and O–H groups in total. The van der Waals surface area contributed by atoms with E-state index in [1.807, 2.05) is 43.3 Å². The van der Waals surface area contributed by atoms with Crippen molar-refractivity contribution in [3.05, 3.63) is 70.4 Å². The van der Waals surface area contributed by atoms with E-state index in [0.29, 0.717) is 25.3 Å². The summed E-state index contributed by atoms with van der Waals surface area (Å²) >= 11 is 1.16. The van der Waals surface area contributed by atoms with E-state index in [2.05, 4.69) is 19.6 Å². The average molecular weight is 496 g/mol. The minimum absolute atomic E-state index is 0.0152. The summed E-state index contributed by atoms with van der Waals surface area (Å²) in [6, 6.07) is 16.5. The number of anilines is 2. The van der Waals surface area contributed by atoms with Gasteiger partial charge in [0.05, 0.1) is 11.0 Å². The van der Waals surface area contributed by atoms with E-state index in [4.69, 9.17) is 0 Å². The van der Waals surface area contributed by atoms with Crippen LogP contribution in [0.4, 0.5) is 11.6 Å². The Hall–Kier alpha value is -3.37. The van der Waals surface area contributed by atoms with Crippen molar-refractivity contribution in [3.63, 3.8) is 0 Å². The molecular formula is C24H25N5O3S2. The Morgan fingerprint density at radius 1 is 1.03 bits per heavy atom. The largest absolute Gasteiger partial charge is 0.341 e. The topological polar surface area (TPSA) is 98.4 Å². The van der Waals surface area contributed by atoms with Crippen LogP contribution >= 0.6 is 11.3 Å². The Labute approximate surface area is 202 Å². The van der Waals surface area contributed by atoms with Crippen LogP contribution in [0, 0.1) is 6.92 Å². The van der Waals surface area contributed by atoms with Crippen LogP contribution in [0.5, 0.6) is 0 Å². The first-order valence-electron chi connectivity index (χ1n) is 11.1. The molecule has 0 atom stereocenters. The standard InChI is InChI=1S/C24H25N5O3S2/c1-17-7-9-18(10-8-17)27-34(31,32)21-11-16-33-22(21)23(30)28-12-4-13-29(15-14-28)24-25-19-5-2-3-6-20(19)26-24/h2-3,5-11,16,27H,4,12-15H2,1H3,(H,25,26). The van der Waals surface area contributed by atoms with Gasteiger partial charge in [-0.25, -0.2) is 13.4 Å². The van der Waals surface area contributed by atoms with Gasteiger partial charge in [0, 0.05) is 31.9 Å². The molecule has 176 valence electrons. The maximum absolute atomic E-state index is 13.4. The van der Waals surface area contributed by atoms with Crippen molar-refractivity contribution in [1.29, 1.82) is 0 Å². The molecule has 0 bridgehead atoms. The van der Waals surface area contributed by atoms with Crippen molar-refractivity contribution < 1.29 is 13.2 Å². The van der Waals surface area contributed by atoms with Gasteiger partial charge in [-0.1, -0.05) is 29.8 Å². The summed E-state index contributed by atoms with van der Waals surface area (Å²) in [5, 5.41) is 1.65. The number of hydrogen-bond donors (Lipinski definition) is 2. The minimum atomic E-state index is -3.89. The van der Waals surface area contributed by atoms with Crippen molar-refractivity contribution in [2.24, 2.45) is 0 Å². The summed E-state index contributed by atoms with van der Waals surface area (Å²) in [6.45, 7) is 4.34. The van der Waals surface area contributed by atoms with E-state index < -0.39 is 10.0 Å². The number of nitrogens with zero attached hydrogens (tertiary/aromatic N) is 3. The number of aromatic amines is 1. The SMILES string of the molecule is Cc1ccc(NS(=O)(=O)c2ccsc2C(=O)N2CCCN(c3nc4ccccc4[nH]3)CC2)cc1. The van der Waals surface area contributed by atoms with Crippen molar-refractivity contribution in [2.75, 3.05) is 35.8 Å². The lowest BCUT2D eigenvalue weighted by Gasteiger charge is -2.22. The molecule has 1 fully saturated rings. The molecule has 1 aliphatic heterocycles. The number of carbonyl (C=O) groups excluding carboxylic acids is 1. The molecule has 5 rings (SSSR count). The van der Waals surface area contributed by atoms with Crippen LogP contribution in [0.2, 0.25) is 0 Å². The smallest absolute Gasteiger partial charge is 0.265 e. The van der Waals surface area contributed by atoms with Crippen LogP contribution in [0.25, 0.3) is 11.0 Å². The minimum Gasteiger partial charge on any atom is -0.341 e. The summed E-state index contributed by atoms with van der Waals surface area (Å²) < 4.78 is 28.7. The summed E-state index contributed by atoms with van der Waals surface area (Å²) in [4.78, 5) is 25.5. The van der Waals surface area contributed by atoms with Crippen molar-refractivity contribution in [1.82, 2.24) is 14.9 Å². The highest BCUT2D eigenvalue weighted by Gasteiger charge is 2.29. The van der Waals surface area contributed by atoms with Crippen LogP contribution in [-0.2, 0) is 10.0 Å². The van der Waals surface area contributed by atoms with E-state index in [0.717, 1.165) is 46.8 Å². The van der Waals surface area contributed by atoms with E-state index in [1.165, 1.54) is 6.07 Å². The second-order valence-corrected chi connectivity index (χ2v) is 10.9. The fourth-order valence-electron chi connectivity index (χ4n) is 4.06. The quantitative estimate of drug-likeness (QED) is 0.435. The molecule has 1 amide bonds. The van der Waals surface area contributed by atoms with Gasteiger partial charge < -0.3 is 14.8 Å². The average Bonchev–Trinajstić information content (AvgIpc) is 3.42. The lowest BCUT2D eigenvalue weighted by molar-refractivity contribution is 0.0768. The molecule has 10 heteroatoms. The molecule has 0 unspecified atom stereocenters. The number of amides is 1. The zero-order valence-corrected chi connectivity index (χ0v) is 20.3. The molecule has 0 radical (unpaired) electrons. The number of carbonyl (C=O) groups is 1. The lowest BCUT2D eigenvalue weighted by atomic mass is 10.2. The Morgan fingerprint density at radius 3 is 2.62 bits per heavy atom. The molecule has 1 aliphatic rings. The van der Waals surface area contributed by atoms with Crippen LogP contribution < -0.4 is 9.62 Å². The maximum Gasteiger partial charge on any atom is 0.265 e. The van der Waals surface area contributed by atoms with Gasteiger partial charge in [0.15, 0.2) is 0 Å². The van der Waals surface area contributed by atoms with Crippen LogP contribution in [0.1, 0.15) is 21.7 Å². The van der Waals surface area contributed by atoms with Crippen molar-refractivity contribution >= 4 is 49.9 Å². The Kier molecular flexibility index (Phi) is 6.01. The Bertz CT molecular complexity index is 1390. The second kappa shape index (κ2) is 9.11. The van der Waals surface area contributed by atoms with Gasteiger partial charge in [-0.15, -0.1) is 11.3 Å². The number of nitrogens with one attached hydrogen (secondary N) is 2. The molecular weight excluding hydrogens is 470 g/mol. The van der Waals surface area contributed by atoms with E-state index >= 15 is 0 Å². The van der Waals surface area contributed by atoms with E-state index in [-0.39, 0.29) is 15.7 Å². The molecule has 0 spiro atoms. The number of thiophene rings is 1. The number of hydrogen-bond acceptors (Lipinski definition) is 6. The fourth-order valence-corrected chi connectivity index (χ4v) is 6.51. The predicted molar refractivity (Wildman–Crippen MR) is 135 cm³/mol. The molecule has 2 aromatic carbocycles. The monoisotopic (exact) mass is 495 g/mol. The number of rotatable bonds is 5. The highest BCUT2D eigenvalue weighted by Crippen LogP contribution is 2.27. The number of imidazole rings is 1. The van der Waals surface area contributed by atoms with Crippen molar-refractivity contribution in [2.45, 2.75) is 18.2 Å². The molecule has 4 aromatic rings. The normalized spacial score (nSPS) is 14.9. The number of aromatic nitrogens is 2. The van der Waals surface area contributed by atoms with Crippen molar-refractivity contribution in [3.8, 4) is 0 Å². The highest BCUT2D eigenvalue weighted by molar-refractivity contribution is 7.93. The summed E-state index contributed by atoms with van der Waals surface area (Å²) in [5.41, 5.74) is 3.38. The fraction of sp³-hybridized carbons (Fsp3) is 0.250. The summed E-state index contributed by atoms with van der Waals surface area (Å²) in [6.07, 6.45) is 0.762. The lowest BCUT2D eigenvalue weighted by Crippen LogP contribution is -2.35. The first kappa shape index (κ1) is 22.4. The van der Waals surface area contributed by atoms with E-state index in [9.17, 15) is 13.2 Å². The van der Waals surface area contributed by atoms with Gasteiger partial charge >= 0.3 is 0 Å². The summed E-state index contributed by atoms with van der Waals surface area (Å²) in [7, 11) is -3.89. The van der Waals surface area contributed by atoms with Crippen LogP contribution in [0.3, 0.4) is 0 Å². The van der Waals surface area contributed by atoms with Gasteiger partial charge in [0.25, 0.3) is 15.9 Å². The maximum atomic E-state index is 13.4. The van der Waals surface area contributed by atoms with Crippen LogP contribution in [0.15, 0.2) is 64.9 Å². The first-order chi connectivity index (χ1) is 16.4. The predicted octanol–water partition coefficient (Wildman–Crippen LogP) is 4.09. The number of para-hydroxylation sites is 2. The highest BCUT2D eigenvalue weighted by atomic mass is 32.2. The number of aryl methyl sites for hydroxylation is 1. The van der Waals surface area contributed by atoms with Gasteiger partial charge in [0.2, 0.25) is 5.95 Å². The third kappa shape index (κ3) is 4.51. The zero-order valence-electron chi connectivity index (χ0n) is 18.7. The second-order valence-electron chi connectivity index (χ2n) is 8.30. The molecule has 3 heterocycles. The molecule has 8 nitrogen and oxygen atoms in total. The Balaban J connectivity index is 1.31. The Morgan fingerprint density at radius 2 is 1.82 bits per heavy atom. The zero-order chi connectivity index (χ0) is 23.7.